The van der Waals surface area contributed by atoms with Crippen molar-refractivity contribution in [2.75, 3.05) is 5.32 Å². The second-order valence-electron chi connectivity index (χ2n) is 3.08. The highest BCUT2D eigenvalue weighted by atomic mass is 35.5. The summed E-state index contributed by atoms with van der Waals surface area (Å²) in [5.74, 6) is 0.856. The first kappa shape index (κ1) is 10.9. The van der Waals surface area contributed by atoms with E-state index in [1.54, 1.807) is 17.7 Å². The first-order valence-corrected chi connectivity index (χ1v) is 5.39. The molecular weight excluding hydrogens is 244 g/mol. The van der Waals surface area contributed by atoms with E-state index in [0.717, 1.165) is 21.7 Å². The predicted molar refractivity (Wildman–Crippen MR) is 68.7 cm³/mol. The molecule has 82 valence electrons. The van der Waals surface area contributed by atoms with Crippen molar-refractivity contribution in [3.05, 3.63) is 36.2 Å². The molecule has 0 atom stereocenters. The summed E-state index contributed by atoms with van der Waals surface area (Å²) in [7, 11) is 0. The van der Waals surface area contributed by atoms with Crippen LogP contribution in [0.25, 0.3) is 10.2 Å². The third-order valence-corrected chi connectivity index (χ3v) is 3.01. The van der Waals surface area contributed by atoms with Crippen LogP contribution < -0.4 is 5.32 Å². The van der Waals surface area contributed by atoms with E-state index in [1.165, 1.54) is 0 Å². The molecule has 3 rings (SSSR count). The molecule has 0 aliphatic rings. The van der Waals surface area contributed by atoms with Crippen molar-refractivity contribution in [1.29, 1.82) is 0 Å². The maximum absolute atomic E-state index is 4.23. The van der Waals surface area contributed by atoms with Crippen molar-refractivity contribution < 1.29 is 0 Å². The van der Waals surface area contributed by atoms with Gasteiger partial charge in [0.15, 0.2) is 5.82 Å². The summed E-state index contributed by atoms with van der Waals surface area (Å²) in [6.07, 6.45) is 5.33. The van der Waals surface area contributed by atoms with Gasteiger partial charge in [-0.1, -0.05) is 0 Å². The third kappa shape index (κ3) is 1.87. The van der Waals surface area contributed by atoms with E-state index in [2.05, 4.69) is 20.3 Å². The van der Waals surface area contributed by atoms with E-state index in [-0.39, 0.29) is 12.4 Å². The Balaban J connectivity index is 0.000000963. The van der Waals surface area contributed by atoms with Crippen LogP contribution in [-0.2, 0) is 0 Å². The van der Waals surface area contributed by atoms with Crippen LogP contribution in [0.5, 0.6) is 0 Å². The molecule has 0 fully saturated rings. The Kier molecular flexibility index (Phi) is 3.07. The van der Waals surface area contributed by atoms with Gasteiger partial charge in [-0.25, -0.2) is 9.97 Å². The number of aromatic amines is 1. The first-order chi connectivity index (χ1) is 7.43. The molecular formula is C10H9ClN4S. The SMILES string of the molecule is Cl.c1nc(Nc2cc[nH]c2)c2sccc2n1. The Morgan fingerprint density at radius 2 is 2.19 bits per heavy atom. The minimum atomic E-state index is 0. The Bertz CT molecular complexity index is 575. The summed E-state index contributed by atoms with van der Waals surface area (Å²) in [5.41, 5.74) is 1.98. The summed E-state index contributed by atoms with van der Waals surface area (Å²) in [6, 6.07) is 3.95. The second kappa shape index (κ2) is 4.51. The quantitative estimate of drug-likeness (QED) is 0.737. The highest BCUT2D eigenvalue weighted by molar-refractivity contribution is 7.17. The van der Waals surface area contributed by atoms with Crippen LogP contribution in [0, 0.1) is 0 Å². The Morgan fingerprint density at radius 1 is 1.25 bits per heavy atom. The van der Waals surface area contributed by atoms with Gasteiger partial charge >= 0.3 is 0 Å². The number of rotatable bonds is 2. The lowest BCUT2D eigenvalue weighted by Gasteiger charge is -2.02. The van der Waals surface area contributed by atoms with Gasteiger partial charge in [-0.2, -0.15) is 0 Å². The summed E-state index contributed by atoms with van der Waals surface area (Å²) in [4.78, 5) is 11.4. The molecule has 2 N–H and O–H groups in total. The van der Waals surface area contributed by atoms with Crippen LogP contribution in [0.3, 0.4) is 0 Å². The number of hydrogen-bond donors (Lipinski definition) is 2. The molecule has 16 heavy (non-hydrogen) atoms. The molecule has 0 aromatic carbocycles. The van der Waals surface area contributed by atoms with Gasteiger partial charge in [-0.05, 0) is 17.5 Å². The van der Waals surface area contributed by atoms with E-state index in [0.29, 0.717) is 0 Å². The van der Waals surface area contributed by atoms with Gasteiger partial charge < -0.3 is 10.3 Å². The average Bonchev–Trinajstić information content (AvgIpc) is 2.87. The fourth-order valence-corrected chi connectivity index (χ4v) is 2.21. The van der Waals surface area contributed by atoms with Gasteiger partial charge in [0.1, 0.15) is 6.33 Å². The molecule has 0 unspecified atom stereocenters. The van der Waals surface area contributed by atoms with E-state index >= 15 is 0 Å². The monoisotopic (exact) mass is 252 g/mol. The Labute approximate surface area is 102 Å². The highest BCUT2D eigenvalue weighted by Crippen LogP contribution is 2.26. The number of fused-ring (bicyclic) bond motifs is 1. The zero-order valence-electron chi connectivity index (χ0n) is 8.18. The largest absolute Gasteiger partial charge is 0.366 e. The molecule has 3 aromatic rings. The summed E-state index contributed by atoms with van der Waals surface area (Å²) >= 11 is 1.64. The van der Waals surface area contributed by atoms with Gasteiger partial charge in [0.25, 0.3) is 0 Å². The Morgan fingerprint density at radius 3 is 3.00 bits per heavy atom. The number of H-pyrrole nitrogens is 1. The standard InChI is InChI=1S/C10H8N4S.ClH/c1-3-11-5-7(1)14-10-9-8(2-4-15-9)12-6-13-10;/h1-6,11H,(H,12,13,14);1H. The number of anilines is 2. The van der Waals surface area contributed by atoms with Gasteiger partial charge in [0.05, 0.1) is 15.9 Å². The number of aromatic nitrogens is 3. The first-order valence-electron chi connectivity index (χ1n) is 4.51. The summed E-state index contributed by atoms with van der Waals surface area (Å²) in [5, 5.41) is 5.26. The molecule has 0 bridgehead atoms. The zero-order chi connectivity index (χ0) is 10.1. The minimum Gasteiger partial charge on any atom is -0.366 e. The van der Waals surface area contributed by atoms with Crippen molar-refractivity contribution in [2.45, 2.75) is 0 Å². The lowest BCUT2D eigenvalue weighted by molar-refractivity contribution is 1.23. The van der Waals surface area contributed by atoms with E-state index in [9.17, 15) is 0 Å². The average molecular weight is 253 g/mol. The van der Waals surface area contributed by atoms with Crippen LogP contribution >= 0.6 is 23.7 Å². The van der Waals surface area contributed by atoms with Gasteiger partial charge in [-0.15, -0.1) is 23.7 Å². The van der Waals surface area contributed by atoms with E-state index in [1.807, 2.05) is 29.9 Å². The molecule has 0 aliphatic carbocycles. The number of nitrogens with zero attached hydrogens (tertiary/aromatic N) is 2. The fraction of sp³-hybridized carbons (Fsp3) is 0. The second-order valence-corrected chi connectivity index (χ2v) is 4.00. The highest BCUT2D eigenvalue weighted by Gasteiger charge is 2.04. The normalized spacial score (nSPS) is 10.0. The van der Waals surface area contributed by atoms with Crippen molar-refractivity contribution >= 4 is 45.5 Å². The van der Waals surface area contributed by atoms with Crippen LogP contribution in [0.2, 0.25) is 0 Å². The lowest BCUT2D eigenvalue weighted by Crippen LogP contribution is -1.92. The molecule has 3 aromatic heterocycles. The molecule has 0 saturated heterocycles. The van der Waals surface area contributed by atoms with Crippen molar-refractivity contribution in [2.24, 2.45) is 0 Å². The van der Waals surface area contributed by atoms with Crippen LogP contribution in [0.15, 0.2) is 36.2 Å². The maximum Gasteiger partial charge on any atom is 0.151 e. The van der Waals surface area contributed by atoms with Crippen LogP contribution in [-0.4, -0.2) is 15.0 Å². The molecule has 0 spiro atoms. The van der Waals surface area contributed by atoms with Crippen LogP contribution in [0.4, 0.5) is 11.5 Å². The number of nitrogens with one attached hydrogen (secondary N) is 2. The smallest absolute Gasteiger partial charge is 0.151 e. The lowest BCUT2D eigenvalue weighted by atomic mass is 10.4. The Hall–Kier alpha value is -1.59. The predicted octanol–water partition coefficient (Wildman–Crippen LogP) is 3.18. The summed E-state index contributed by atoms with van der Waals surface area (Å²) < 4.78 is 1.08. The summed E-state index contributed by atoms with van der Waals surface area (Å²) in [6.45, 7) is 0. The molecule has 0 radical (unpaired) electrons. The molecule has 0 aliphatic heterocycles. The molecule has 6 heteroatoms. The maximum atomic E-state index is 4.23. The third-order valence-electron chi connectivity index (χ3n) is 2.10. The molecule has 3 heterocycles. The van der Waals surface area contributed by atoms with E-state index in [4.69, 9.17) is 0 Å². The van der Waals surface area contributed by atoms with Crippen molar-refractivity contribution in [1.82, 2.24) is 15.0 Å². The molecule has 0 amide bonds. The zero-order valence-corrected chi connectivity index (χ0v) is 9.81. The number of thiophene rings is 1. The van der Waals surface area contributed by atoms with Crippen molar-refractivity contribution in [3.8, 4) is 0 Å². The van der Waals surface area contributed by atoms with Gasteiger partial charge in [0, 0.05) is 12.4 Å². The number of halogens is 1. The minimum absolute atomic E-state index is 0. The number of hydrogen-bond acceptors (Lipinski definition) is 4. The van der Waals surface area contributed by atoms with E-state index < -0.39 is 0 Å². The fourth-order valence-electron chi connectivity index (χ4n) is 1.42. The molecule has 0 saturated carbocycles. The van der Waals surface area contributed by atoms with Crippen molar-refractivity contribution in [3.63, 3.8) is 0 Å². The van der Waals surface area contributed by atoms with Gasteiger partial charge in [0.2, 0.25) is 0 Å². The molecule has 4 nitrogen and oxygen atoms in total. The van der Waals surface area contributed by atoms with Gasteiger partial charge in [-0.3, -0.25) is 0 Å². The van der Waals surface area contributed by atoms with Crippen LogP contribution in [0.1, 0.15) is 0 Å². The topological polar surface area (TPSA) is 53.6 Å².